The molecule has 1 aromatic carbocycles. The van der Waals surface area contributed by atoms with Crippen LogP contribution >= 0.6 is 0 Å². The maximum atomic E-state index is 12.6. The molecule has 1 aromatic rings. The van der Waals surface area contributed by atoms with Gasteiger partial charge in [-0.15, -0.1) is 0 Å². The SMILES string of the molecule is CC(=O)NCC(=O)Nc1cc(C(F)(F)F)ccc1C(=O)O. The molecule has 0 unspecified atom stereocenters. The molecule has 0 bridgehead atoms. The molecule has 0 aliphatic rings. The number of nitrogens with one attached hydrogen (secondary N) is 2. The van der Waals surface area contributed by atoms with Crippen molar-refractivity contribution in [2.45, 2.75) is 13.1 Å². The number of hydrogen-bond acceptors (Lipinski definition) is 3. The number of carboxylic acid groups (broad SMARTS) is 1. The Kier molecular flexibility index (Phi) is 4.90. The Morgan fingerprint density at radius 2 is 1.86 bits per heavy atom. The number of hydrogen-bond donors (Lipinski definition) is 3. The molecule has 0 heterocycles. The second-order valence-electron chi connectivity index (χ2n) is 4.02. The van der Waals surface area contributed by atoms with Gasteiger partial charge in [-0.25, -0.2) is 4.79 Å². The van der Waals surface area contributed by atoms with Crippen molar-refractivity contribution in [1.82, 2.24) is 5.32 Å². The summed E-state index contributed by atoms with van der Waals surface area (Å²) in [4.78, 5) is 33.0. The monoisotopic (exact) mass is 304 g/mol. The van der Waals surface area contributed by atoms with Crippen LogP contribution in [0.2, 0.25) is 0 Å². The van der Waals surface area contributed by atoms with E-state index in [0.717, 1.165) is 13.0 Å². The second kappa shape index (κ2) is 6.25. The fourth-order valence-corrected chi connectivity index (χ4v) is 1.41. The highest BCUT2D eigenvalue weighted by molar-refractivity contribution is 6.01. The first-order valence-electron chi connectivity index (χ1n) is 5.60. The van der Waals surface area contributed by atoms with Gasteiger partial charge in [-0.1, -0.05) is 0 Å². The number of aromatic carboxylic acids is 1. The zero-order valence-corrected chi connectivity index (χ0v) is 10.7. The number of carbonyl (C=O) groups excluding carboxylic acids is 2. The summed E-state index contributed by atoms with van der Waals surface area (Å²) in [6.45, 7) is 0.671. The van der Waals surface area contributed by atoms with E-state index in [1.807, 2.05) is 5.32 Å². The van der Waals surface area contributed by atoms with Crippen molar-refractivity contribution >= 4 is 23.5 Å². The van der Waals surface area contributed by atoms with Crippen LogP contribution in [0, 0.1) is 0 Å². The molecule has 114 valence electrons. The summed E-state index contributed by atoms with van der Waals surface area (Å²) in [6, 6.07) is 1.88. The fourth-order valence-electron chi connectivity index (χ4n) is 1.41. The summed E-state index contributed by atoms with van der Waals surface area (Å²) in [6.07, 6.45) is -4.67. The summed E-state index contributed by atoms with van der Waals surface area (Å²) in [5, 5.41) is 13.1. The third-order valence-corrected chi connectivity index (χ3v) is 2.35. The van der Waals surface area contributed by atoms with Crippen LogP contribution in [-0.4, -0.2) is 29.4 Å². The lowest BCUT2D eigenvalue weighted by molar-refractivity contribution is -0.137. The van der Waals surface area contributed by atoms with Crippen LogP contribution in [0.25, 0.3) is 0 Å². The van der Waals surface area contributed by atoms with Gasteiger partial charge in [0.05, 0.1) is 23.4 Å². The molecule has 0 fully saturated rings. The topological polar surface area (TPSA) is 95.5 Å². The van der Waals surface area contributed by atoms with Crippen LogP contribution in [0.5, 0.6) is 0 Å². The molecule has 3 N–H and O–H groups in total. The molecule has 0 spiro atoms. The molecule has 1 rings (SSSR count). The molecule has 0 saturated heterocycles. The predicted octanol–water partition coefficient (Wildman–Crippen LogP) is 1.48. The van der Waals surface area contributed by atoms with Gasteiger partial charge in [0.2, 0.25) is 11.8 Å². The summed E-state index contributed by atoms with van der Waals surface area (Å²) in [5.41, 5.74) is -2.07. The van der Waals surface area contributed by atoms with Crippen molar-refractivity contribution in [2.24, 2.45) is 0 Å². The highest BCUT2D eigenvalue weighted by Crippen LogP contribution is 2.32. The lowest BCUT2D eigenvalue weighted by Crippen LogP contribution is -2.31. The van der Waals surface area contributed by atoms with Gasteiger partial charge in [0.1, 0.15) is 0 Å². The number of anilines is 1. The lowest BCUT2D eigenvalue weighted by Gasteiger charge is -2.12. The van der Waals surface area contributed by atoms with Crippen molar-refractivity contribution in [3.63, 3.8) is 0 Å². The van der Waals surface area contributed by atoms with E-state index in [2.05, 4.69) is 5.32 Å². The highest BCUT2D eigenvalue weighted by atomic mass is 19.4. The first kappa shape index (κ1) is 16.5. The number of alkyl halides is 3. The molecule has 0 aliphatic carbocycles. The summed E-state index contributed by atoms with van der Waals surface area (Å²) in [7, 11) is 0. The van der Waals surface area contributed by atoms with Crippen molar-refractivity contribution in [3.8, 4) is 0 Å². The minimum absolute atomic E-state index is 0.482. The van der Waals surface area contributed by atoms with Gasteiger partial charge in [0.25, 0.3) is 0 Å². The number of halogens is 3. The fraction of sp³-hybridized carbons (Fsp3) is 0.250. The van der Waals surface area contributed by atoms with Crippen LogP contribution in [0.3, 0.4) is 0 Å². The van der Waals surface area contributed by atoms with Crippen LogP contribution in [0.1, 0.15) is 22.8 Å². The van der Waals surface area contributed by atoms with Crippen LogP contribution in [0.15, 0.2) is 18.2 Å². The Morgan fingerprint density at radius 3 is 2.33 bits per heavy atom. The third kappa shape index (κ3) is 4.79. The molecular weight excluding hydrogens is 293 g/mol. The number of benzene rings is 1. The molecule has 0 saturated carbocycles. The summed E-state index contributed by atoms with van der Waals surface area (Å²) in [5.74, 6) is -2.83. The Balaban J connectivity index is 3.04. The minimum atomic E-state index is -4.67. The van der Waals surface area contributed by atoms with Gasteiger partial charge in [0, 0.05) is 6.92 Å². The Bertz CT molecular complexity index is 584. The largest absolute Gasteiger partial charge is 0.478 e. The van der Waals surface area contributed by atoms with Crippen molar-refractivity contribution < 1.29 is 32.7 Å². The van der Waals surface area contributed by atoms with E-state index in [9.17, 15) is 27.6 Å². The van der Waals surface area contributed by atoms with Crippen LogP contribution in [0.4, 0.5) is 18.9 Å². The first-order chi connectivity index (χ1) is 9.61. The molecule has 2 amide bonds. The Labute approximate surface area is 116 Å². The standard InChI is InChI=1S/C12H11F3N2O4/c1-6(18)16-5-10(19)17-9-4-7(12(13,14)15)2-3-8(9)11(20)21/h2-4H,5H2,1H3,(H,16,18)(H,17,19)(H,20,21). The average molecular weight is 304 g/mol. The highest BCUT2D eigenvalue weighted by Gasteiger charge is 2.31. The quantitative estimate of drug-likeness (QED) is 0.785. The van der Waals surface area contributed by atoms with Crippen LogP contribution in [-0.2, 0) is 15.8 Å². The first-order valence-corrected chi connectivity index (χ1v) is 5.60. The molecule has 0 atom stereocenters. The van der Waals surface area contributed by atoms with E-state index in [1.54, 1.807) is 0 Å². The minimum Gasteiger partial charge on any atom is -0.478 e. The van der Waals surface area contributed by atoms with Gasteiger partial charge < -0.3 is 15.7 Å². The third-order valence-electron chi connectivity index (χ3n) is 2.35. The predicted molar refractivity (Wildman–Crippen MR) is 65.7 cm³/mol. The van der Waals surface area contributed by atoms with E-state index in [4.69, 9.17) is 5.11 Å². The van der Waals surface area contributed by atoms with Crippen molar-refractivity contribution in [2.75, 3.05) is 11.9 Å². The second-order valence-corrected chi connectivity index (χ2v) is 4.02. The maximum Gasteiger partial charge on any atom is 0.416 e. The smallest absolute Gasteiger partial charge is 0.416 e. The molecule has 0 radical (unpaired) electrons. The number of carboxylic acids is 1. The van der Waals surface area contributed by atoms with Gasteiger partial charge >= 0.3 is 12.1 Å². The zero-order valence-electron chi connectivity index (χ0n) is 10.7. The number of rotatable bonds is 4. The van der Waals surface area contributed by atoms with Gasteiger partial charge in [0.15, 0.2) is 0 Å². The molecular formula is C12H11F3N2O4. The average Bonchev–Trinajstić information content (AvgIpc) is 2.34. The molecule has 9 heteroatoms. The number of carbonyl (C=O) groups is 3. The van der Waals surface area contributed by atoms with Gasteiger partial charge in [-0.3, -0.25) is 9.59 Å². The van der Waals surface area contributed by atoms with E-state index in [-0.39, 0.29) is 0 Å². The summed E-state index contributed by atoms with van der Waals surface area (Å²) >= 11 is 0. The lowest BCUT2D eigenvalue weighted by atomic mass is 10.1. The molecule has 0 aliphatic heterocycles. The Morgan fingerprint density at radius 1 is 1.24 bits per heavy atom. The van der Waals surface area contributed by atoms with E-state index < -0.39 is 47.3 Å². The zero-order chi connectivity index (χ0) is 16.2. The van der Waals surface area contributed by atoms with Gasteiger partial charge in [-0.2, -0.15) is 13.2 Å². The molecule has 0 aromatic heterocycles. The molecule has 21 heavy (non-hydrogen) atoms. The number of amides is 2. The molecule has 6 nitrogen and oxygen atoms in total. The maximum absolute atomic E-state index is 12.6. The Hall–Kier alpha value is -2.58. The van der Waals surface area contributed by atoms with Crippen molar-refractivity contribution in [3.05, 3.63) is 29.3 Å². The van der Waals surface area contributed by atoms with E-state index in [0.29, 0.717) is 12.1 Å². The van der Waals surface area contributed by atoms with Crippen LogP contribution < -0.4 is 10.6 Å². The van der Waals surface area contributed by atoms with E-state index in [1.165, 1.54) is 0 Å². The normalized spacial score (nSPS) is 10.9. The van der Waals surface area contributed by atoms with Crippen molar-refractivity contribution in [1.29, 1.82) is 0 Å². The van der Waals surface area contributed by atoms with E-state index >= 15 is 0 Å². The summed E-state index contributed by atoms with van der Waals surface area (Å²) < 4.78 is 37.7. The van der Waals surface area contributed by atoms with Gasteiger partial charge in [-0.05, 0) is 18.2 Å².